The molecule has 28 heavy (non-hydrogen) atoms. The molecule has 0 aliphatic rings. The number of aryl methyl sites for hydroxylation is 1. The highest BCUT2D eigenvalue weighted by molar-refractivity contribution is 5.97. The summed E-state index contributed by atoms with van der Waals surface area (Å²) in [6.45, 7) is 11.8. The lowest BCUT2D eigenvalue weighted by atomic mass is 10.0. The molecule has 6 heteroatoms. The second kappa shape index (κ2) is 10.8. The molecular weight excluding hydrogens is 356 g/mol. The summed E-state index contributed by atoms with van der Waals surface area (Å²) in [5.41, 5.74) is 1.12. The van der Waals surface area contributed by atoms with Gasteiger partial charge in [-0.2, -0.15) is 0 Å². The first kappa shape index (κ1) is 23.7. The summed E-state index contributed by atoms with van der Waals surface area (Å²) in [5.74, 6) is 0.0842. The Kier molecular flexibility index (Phi) is 9.16. The number of carbonyl (C=O) groups is 3. The van der Waals surface area contributed by atoms with E-state index in [0.717, 1.165) is 5.56 Å². The van der Waals surface area contributed by atoms with E-state index in [1.807, 2.05) is 32.9 Å². The predicted molar refractivity (Wildman–Crippen MR) is 110 cm³/mol. The summed E-state index contributed by atoms with van der Waals surface area (Å²) < 4.78 is 5.29. The second-order valence-corrected chi connectivity index (χ2v) is 8.57. The van der Waals surface area contributed by atoms with E-state index in [9.17, 15) is 14.4 Å². The largest absolute Gasteiger partial charge is 0.444 e. The van der Waals surface area contributed by atoms with E-state index in [1.165, 1.54) is 0 Å². The number of Topliss-reactive ketones (excluding diaryl/α,β-unsaturated/α-hetero) is 1. The first-order valence-electron chi connectivity index (χ1n) is 9.82. The molecule has 0 aliphatic heterocycles. The number of hydrogen-bond acceptors (Lipinski definition) is 4. The van der Waals surface area contributed by atoms with Crippen molar-refractivity contribution in [3.8, 4) is 0 Å². The van der Waals surface area contributed by atoms with E-state index in [-0.39, 0.29) is 30.6 Å². The summed E-state index contributed by atoms with van der Waals surface area (Å²) in [6, 6.07) is 7.09. The van der Waals surface area contributed by atoms with Gasteiger partial charge in [0.2, 0.25) is 5.91 Å². The van der Waals surface area contributed by atoms with E-state index < -0.39 is 11.7 Å². The minimum atomic E-state index is -0.577. The zero-order valence-electron chi connectivity index (χ0n) is 17.9. The average Bonchev–Trinajstić information content (AvgIpc) is 2.56. The zero-order chi connectivity index (χ0) is 21.3. The summed E-state index contributed by atoms with van der Waals surface area (Å²) in [6.07, 6.45) is 0.487. The maximum Gasteiger partial charge on any atom is 0.407 e. The van der Waals surface area contributed by atoms with Gasteiger partial charge in [-0.3, -0.25) is 9.59 Å². The fraction of sp³-hybridized carbons (Fsp3) is 0.591. The molecule has 0 heterocycles. The maximum atomic E-state index is 12.2. The van der Waals surface area contributed by atoms with Crippen LogP contribution in [-0.2, 0) is 9.53 Å². The molecule has 0 saturated carbocycles. The Morgan fingerprint density at radius 2 is 1.64 bits per heavy atom. The highest BCUT2D eigenvalue weighted by Gasteiger charge is 2.20. The topological polar surface area (TPSA) is 84.5 Å². The third-order valence-electron chi connectivity index (χ3n) is 3.98. The van der Waals surface area contributed by atoms with Gasteiger partial charge in [0.1, 0.15) is 5.60 Å². The van der Waals surface area contributed by atoms with Crippen LogP contribution in [0.5, 0.6) is 0 Å². The molecule has 0 unspecified atom stereocenters. The van der Waals surface area contributed by atoms with Crippen molar-refractivity contribution in [3.63, 3.8) is 0 Å². The highest BCUT2D eigenvalue weighted by atomic mass is 16.6. The molecule has 1 atom stereocenters. The normalized spacial score (nSPS) is 12.4. The van der Waals surface area contributed by atoms with Crippen molar-refractivity contribution in [2.24, 2.45) is 5.92 Å². The standard InChI is InChI=1S/C22H34N2O4/c1-15(2)13-18(24-21(27)28-22(4,5)6)14-23-20(26)12-11-19(25)17-9-7-16(3)8-10-17/h7-10,15,18H,11-14H2,1-6H3,(H,23,26)(H,24,27)/t18-/m0/s1. The molecule has 0 spiro atoms. The van der Waals surface area contributed by atoms with E-state index in [4.69, 9.17) is 4.74 Å². The second-order valence-electron chi connectivity index (χ2n) is 8.57. The molecule has 0 saturated heterocycles. The molecule has 2 amide bonds. The molecule has 0 bridgehead atoms. The fourth-order valence-electron chi connectivity index (χ4n) is 2.67. The first-order valence-corrected chi connectivity index (χ1v) is 9.82. The number of amides is 2. The Hall–Kier alpha value is -2.37. The van der Waals surface area contributed by atoms with E-state index in [1.54, 1.807) is 32.9 Å². The first-order chi connectivity index (χ1) is 13.0. The van der Waals surface area contributed by atoms with Gasteiger partial charge < -0.3 is 15.4 Å². The number of benzene rings is 1. The van der Waals surface area contributed by atoms with Gasteiger partial charge in [0.05, 0.1) is 0 Å². The molecule has 0 aliphatic carbocycles. The van der Waals surface area contributed by atoms with Gasteiger partial charge in [-0.05, 0) is 40.0 Å². The molecule has 156 valence electrons. The summed E-state index contributed by atoms with van der Waals surface area (Å²) >= 11 is 0. The minimum Gasteiger partial charge on any atom is -0.444 e. The number of nitrogens with one attached hydrogen (secondary N) is 2. The van der Waals surface area contributed by atoms with Crippen LogP contribution in [0.25, 0.3) is 0 Å². The van der Waals surface area contributed by atoms with Crippen LogP contribution < -0.4 is 10.6 Å². The van der Waals surface area contributed by atoms with Crippen molar-refractivity contribution in [1.29, 1.82) is 0 Å². The van der Waals surface area contributed by atoms with Crippen LogP contribution in [0.3, 0.4) is 0 Å². The van der Waals surface area contributed by atoms with Crippen LogP contribution in [0.15, 0.2) is 24.3 Å². The number of ketones is 1. The van der Waals surface area contributed by atoms with Crippen molar-refractivity contribution in [1.82, 2.24) is 10.6 Å². The zero-order valence-corrected chi connectivity index (χ0v) is 17.9. The third kappa shape index (κ3) is 10.1. The number of alkyl carbamates (subject to hydrolysis) is 1. The smallest absolute Gasteiger partial charge is 0.407 e. The van der Waals surface area contributed by atoms with Gasteiger partial charge in [-0.25, -0.2) is 4.79 Å². The van der Waals surface area contributed by atoms with E-state index in [0.29, 0.717) is 24.4 Å². The quantitative estimate of drug-likeness (QED) is 0.624. The van der Waals surface area contributed by atoms with Gasteiger partial charge in [0.25, 0.3) is 0 Å². The van der Waals surface area contributed by atoms with E-state index in [2.05, 4.69) is 10.6 Å². The van der Waals surface area contributed by atoms with Crippen LogP contribution in [0, 0.1) is 12.8 Å². The molecule has 6 nitrogen and oxygen atoms in total. The SMILES string of the molecule is Cc1ccc(C(=O)CCC(=O)NC[C@H](CC(C)C)NC(=O)OC(C)(C)C)cc1. The van der Waals surface area contributed by atoms with Gasteiger partial charge in [0.15, 0.2) is 5.78 Å². The van der Waals surface area contributed by atoms with Crippen LogP contribution in [-0.4, -0.2) is 36.0 Å². The van der Waals surface area contributed by atoms with Gasteiger partial charge in [0, 0.05) is 31.0 Å². The van der Waals surface area contributed by atoms with E-state index >= 15 is 0 Å². The molecule has 0 aromatic heterocycles. The predicted octanol–water partition coefficient (Wildman–Crippen LogP) is 4.01. The van der Waals surface area contributed by atoms with Crippen LogP contribution in [0.2, 0.25) is 0 Å². The number of hydrogen-bond donors (Lipinski definition) is 2. The molecule has 1 aromatic carbocycles. The van der Waals surface area contributed by atoms with Crippen molar-refractivity contribution in [3.05, 3.63) is 35.4 Å². The lowest BCUT2D eigenvalue weighted by Crippen LogP contribution is -2.46. The van der Waals surface area contributed by atoms with Crippen molar-refractivity contribution < 1.29 is 19.1 Å². The Balaban J connectivity index is 2.47. The van der Waals surface area contributed by atoms with Crippen molar-refractivity contribution in [2.75, 3.05) is 6.54 Å². The number of ether oxygens (including phenoxy) is 1. The third-order valence-corrected chi connectivity index (χ3v) is 3.98. The Morgan fingerprint density at radius 3 is 2.18 bits per heavy atom. The van der Waals surface area contributed by atoms with Crippen LogP contribution in [0.4, 0.5) is 4.79 Å². The van der Waals surface area contributed by atoms with Crippen molar-refractivity contribution >= 4 is 17.8 Å². The summed E-state index contributed by atoms with van der Waals surface area (Å²) in [5, 5.41) is 5.62. The molecule has 1 aromatic rings. The van der Waals surface area contributed by atoms with Gasteiger partial charge >= 0.3 is 6.09 Å². The monoisotopic (exact) mass is 390 g/mol. The van der Waals surface area contributed by atoms with Crippen LogP contribution >= 0.6 is 0 Å². The van der Waals surface area contributed by atoms with Gasteiger partial charge in [-0.1, -0.05) is 43.7 Å². The fourth-order valence-corrected chi connectivity index (χ4v) is 2.67. The highest BCUT2D eigenvalue weighted by Crippen LogP contribution is 2.10. The maximum absolute atomic E-state index is 12.2. The van der Waals surface area contributed by atoms with Crippen molar-refractivity contribution in [2.45, 2.75) is 72.4 Å². The molecule has 1 rings (SSSR count). The minimum absolute atomic E-state index is 0.0549. The Morgan fingerprint density at radius 1 is 1.04 bits per heavy atom. The lowest BCUT2D eigenvalue weighted by molar-refractivity contribution is -0.121. The molecular formula is C22H34N2O4. The number of rotatable bonds is 9. The van der Waals surface area contributed by atoms with Gasteiger partial charge in [-0.15, -0.1) is 0 Å². The number of carbonyl (C=O) groups excluding carboxylic acids is 3. The summed E-state index contributed by atoms with van der Waals surface area (Å²) in [4.78, 5) is 36.3. The average molecular weight is 391 g/mol. The summed E-state index contributed by atoms with van der Waals surface area (Å²) in [7, 11) is 0. The Bertz CT molecular complexity index is 660. The molecule has 2 N–H and O–H groups in total. The van der Waals surface area contributed by atoms with Crippen LogP contribution in [0.1, 0.15) is 69.8 Å². The Labute approximate surface area is 168 Å². The molecule has 0 fully saturated rings. The molecule has 0 radical (unpaired) electrons. The lowest BCUT2D eigenvalue weighted by Gasteiger charge is -2.25.